The maximum absolute atomic E-state index is 13.9. The van der Waals surface area contributed by atoms with Gasteiger partial charge in [0.1, 0.15) is 12.2 Å². The molecule has 312 valence electrons. The van der Waals surface area contributed by atoms with Crippen LogP contribution in [0.5, 0.6) is 0 Å². The van der Waals surface area contributed by atoms with E-state index in [2.05, 4.69) is 31.3 Å². The number of allylic oxidation sites excluding steroid dienone is 2. The number of unbranched alkanes of at least 4 members (excludes halogenated alkanes) is 26. The summed E-state index contributed by atoms with van der Waals surface area (Å²) in [5, 5.41) is 34.0. The van der Waals surface area contributed by atoms with Gasteiger partial charge in [0, 0.05) is 19.4 Å². The molecule has 0 bridgehead atoms. The SMILES string of the molecule is CCCCCCCC/C=C\CCCCCCCC(=O)N(CCCCCCCCCCCCCCCCCC)[C@@]1(NC(=O)CN)C[C@@H](O)[C@H](O)[C@@H](CO)O1. The van der Waals surface area contributed by atoms with Gasteiger partial charge in [-0.25, -0.2) is 0 Å². The molecule has 1 fully saturated rings. The van der Waals surface area contributed by atoms with Gasteiger partial charge in [0.15, 0.2) is 0 Å². The van der Waals surface area contributed by atoms with Crippen molar-refractivity contribution in [3.05, 3.63) is 12.2 Å². The standard InChI is InChI=1S/C44H85N3O6/c1-3-5-7-9-11-13-15-17-19-21-23-25-27-29-31-33-35-47(44(46-41(50)37-45)36-39(49)43(52)40(38-48)53-44)42(51)34-32-30-28-26-24-22-20-18-16-14-12-10-8-6-4-2/h18,20,39-40,43,48-49,52H,3-17,19,21-38,45H2,1-2H3,(H,46,50)/b20-18-/t39-,40-,43+,44+/m1/s1. The van der Waals surface area contributed by atoms with Crippen LogP contribution in [-0.2, 0) is 14.3 Å². The summed E-state index contributed by atoms with van der Waals surface area (Å²) in [5.41, 5.74) is 5.66. The normalized spacial score (nSPS) is 20.3. The Morgan fingerprint density at radius 2 is 1.09 bits per heavy atom. The van der Waals surface area contributed by atoms with Crippen molar-refractivity contribution >= 4 is 11.8 Å². The number of nitrogens with zero attached hydrogens (tertiary/aromatic N) is 1. The number of nitrogens with two attached hydrogens (primary N) is 1. The van der Waals surface area contributed by atoms with Gasteiger partial charge in [0.25, 0.3) is 0 Å². The van der Waals surface area contributed by atoms with Gasteiger partial charge in [-0.15, -0.1) is 0 Å². The van der Waals surface area contributed by atoms with Crippen LogP contribution in [0.4, 0.5) is 0 Å². The fourth-order valence-electron chi connectivity index (χ4n) is 7.56. The van der Waals surface area contributed by atoms with Crippen LogP contribution < -0.4 is 11.1 Å². The number of aliphatic hydroxyl groups is 3. The van der Waals surface area contributed by atoms with Crippen molar-refractivity contribution in [3.8, 4) is 0 Å². The quantitative estimate of drug-likeness (QED) is 0.0244. The fraction of sp³-hybridized carbons (Fsp3) is 0.909. The van der Waals surface area contributed by atoms with E-state index in [1.54, 1.807) is 0 Å². The second-order valence-corrected chi connectivity index (χ2v) is 15.8. The van der Waals surface area contributed by atoms with Gasteiger partial charge in [-0.3, -0.25) is 14.5 Å². The molecule has 1 rings (SSSR count). The molecule has 1 aliphatic heterocycles. The fourth-order valence-corrected chi connectivity index (χ4v) is 7.56. The molecule has 1 saturated heterocycles. The monoisotopic (exact) mass is 752 g/mol. The molecule has 0 aromatic carbocycles. The van der Waals surface area contributed by atoms with Crippen molar-refractivity contribution in [2.45, 2.75) is 237 Å². The molecule has 1 aliphatic rings. The molecule has 1 heterocycles. The van der Waals surface area contributed by atoms with E-state index < -0.39 is 36.7 Å². The highest BCUT2D eigenvalue weighted by molar-refractivity contribution is 5.81. The zero-order valence-corrected chi connectivity index (χ0v) is 34.5. The predicted octanol–water partition coefficient (Wildman–Crippen LogP) is 9.35. The van der Waals surface area contributed by atoms with E-state index in [1.807, 2.05) is 0 Å². The van der Waals surface area contributed by atoms with Gasteiger partial charge in [-0.05, 0) is 38.5 Å². The molecule has 6 N–H and O–H groups in total. The maximum Gasteiger partial charge on any atom is 0.237 e. The van der Waals surface area contributed by atoms with Crippen LogP contribution in [0.1, 0.15) is 213 Å². The average Bonchev–Trinajstić information content (AvgIpc) is 3.15. The Labute approximate surface area is 325 Å². The lowest BCUT2D eigenvalue weighted by molar-refractivity contribution is -0.280. The van der Waals surface area contributed by atoms with Crippen molar-refractivity contribution in [1.82, 2.24) is 10.2 Å². The lowest BCUT2D eigenvalue weighted by atomic mass is 9.96. The summed E-state index contributed by atoms with van der Waals surface area (Å²) in [5.74, 6) is -2.38. The Kier molecular flexibility index (Phi) is 31.6. The highest BCUT2D eigenvalue weighted by Crippen LogP contribution is 2.32. The molecular weight excluding hydrogens is 666 g/mol. The molecule has 53 heavy (non-hydrogen) atoms. The summed E-state index contributed by atoms with van der Waals surface area (Å²) >= 11 is 0. The van der Waals surface area contributed by atoms with E-state index in [4.69, 9.17) is 10.5 Å². The van der Waals surface area contributed by atoms with Crippen molar-refractivity contribution < 1.29 is 29.6 Å². The number of carbonyl (C=O) groups is 2. The molecule has 0 aromatic heterocycles. The summed E-state index contributed by atoms with van der Waals surface area (Å²) in [7, 11) is 0. The summed E-state index contributed by atoms with van der Waals surface area (Å²) in [6, 6.07) is 0. The Morgan fingerprint density at radius 3 is 1.53 bits per heavy atom. The second-order valence-electron chi connectivity index (χ2n) is 15.8. The first kappa shape index (κ1) is 49.5. The Morgan fingerprint density at radius 1 is 0.679 bits per heavy atom. The number of ether oxygens (including phenoxy) is 1. The Hall–Kier alpha value is -1.52. The first-order valence-corrected chi connectivity index (χ1v) is 22.5. The minimum absolute atomic E-state index is 0.166. The lowest BCUT2D eigenvalue weighted by Gasteiger charge is -2.50. The van der Waals surface area contributed by atoms with Crippen molar-refractivity contribution in [1.29, 1.82) is 0 Å². The third kappa shape index (κ3) is 23.9. The molecule has 9 nitrogen and oxygen atoms in total. The Balaban J connectivity index is 2.54. The Bertz CT molecular complexity index is 904. The predicted molar refractivity (Wildman–Crippen MR) is 219 cm³/mol. The van der Waals surface area contributed by atoms with Crippen LogP contribution in [0.15, 0.2) is 12.2 Å². The summed E-state index contributed by atoms with van der Waals surface area (Å²) in [4.78, 5) is 28.1. The van der Waals surface area contributed by atoms with Gasteiger partial charge in [-0.1, -0.05) is 174 Å². The number of rotatable bonds is 36. The van der Waals surface area contributed by atoms with Crippen molar-refractivity contribution in [2.75, 3.05) is 19.7 Å². The molecule has 0 aromatic rings. The van der Waals surface area contributed by atoms with E-state index in [9.17, 15) is 24.9 Å². The van der Waals surface area contributed by atoms with Crippen LogP contribution in [0, 0.1) is 0 Å². The average molecular weight is 752 g/mol. The van der Waals surface area contributed by atoms with Gasteiger partial charge >= 0.3 is 0 Å². The first-order valence-electron chi connectivity index (χ1n) is 22.5. The van der Waals surface area contributed by atoms with E-state index in [0.717, 1.165) is 64.2 Å². The number of carbonyl (C=O) groups excluding carboxylic acids is 2. The van der Waals surface area contributed by atoms with Gasteiger partial charge in [0.2, 0.25) is 17.7 Å². The summed E-state index contributed by atoms with van der Waals surface area (Å²) < 4.78 is 6.12. The topological polar surface area (TPSA) is 145 Å². The summed E-state index contributed by atoms with van der Waals surface area (Å²) in [6.07, 6.45) is 36.1. The molecule has 2 amide bonds. The smallest absolute Gasteiger partial charge is 0.237 e. The second kappa shape index (κ2) is 33.8. The van der Waals surface area contributed by atoms with E-state index in [0.29, 0.717) is 13.0 Å². The number of amides is 2. The molecule has 0 aliphatic carbocycles. The summed E-state index contributed by atoms with van der Waals surface area (Å²) in [6.45, 7) is 3.98. The molecule has 4 atom stereocenters. The van der Waals surface area contributed by atoms with Crippen LogP contribution in [0.25, 0.3) is 0 Å². The zero-order chi connectivity index (χ0) is 38.8. The van der Waals surface area contributed by atoms with Crippen molar-refractivity contribution in [2.24, 2.45) is 5.73 Å². The zero-order valence-electron chi connectivity index (χ0n) is 34.5. The van der Waals surface area contributed by atoms with Gasteiger partial charge in [0.05, 0.1) is 19.3 Å². The van der Waals surface area contributed by atoms with E-state index in [1.165, 1.54) is 127 Å². The minimum atomic E-state index is -1.68. The number of nitrogens with one attached hydrogen (secondary N) is 1. The van der Waals surface area contributed by atoms with Crippen LogP contribution in [0.2, 0.25) is 0 Å². The number of hydrogen-bond acceptors (Lipinski definition) is 7. The largest absolute Gasteiger partial charge is 0.394 e. The van der Waals surface area contributed by atoms with E-state index >= 15 is 0 Å². The third-order valence-electron chi connectivity index (χ3n) is 10.9. The minimum Gasteiger partial charge on any atom is -0.394 e. The highest BCUT2D eigenvalue weighted by atomic mass is 16.6. The first-order chi connectivity index (χ1) is 25.8. The molecule has 0 radical (unpaired) electrons. The van der Waals surface area contributed by atoms with E-state index in [-0.39, 0.29) is 18.9 Å². The number of aliphatic hydroxyl groups excluding tert-OH is 3. The third-order valence-corrected chi connectivity index (χ3v) is 10.9. The molecule has 0 spiro atoms. The van der Waals surface area contributed by atoms with Gasteiger partial charge < -0.3 is 31.1 Å². The lowest BCUT2D eigenvalue weighted by Crippen LogP contribution is -2.71. The molecule has 0 saturated carbocycles. The van der Waals surface area contributed by atoms with Crippen LogP contribution in [0.3, 0.4) is 0 Å². The van der Waals surface area contributed by atoms with Crippen LogP contribution in [-0.4, -0.2) is 75.9 Å². The van der Waals surface area contributed by atoms with Crippen LogP contribution >= 0.6 is 0 Å². The van der Waals surface area contributed by atoms with Crippen molar-refractivity contribution in [3.63, 3.8) is 0 Å². The number of hydrogen-bond donors (Lipinski definition) is 5. The molecule has 0 unspecified atom stereocenters. The maximum atomic E-state index is 13.9. The highest BCUT2D eigenvalue weighted by Gasteiger charge is 2.51. The molecular formula is C44H85N3O6. The molecule has 9 heteroatoms. The van der Waals surface area contributed by atoms with Gasteiger partial charge in [-0.2, -0.15) is 0 Å².